The number of carbonyl (C=O) groups is 3. The quantitative estimate of drug-likeness (QED) is 0.0261. The second-order valence-corrected chi connectivity index (χ2v) is 21.3. The molecule has 6 heteroatoms. The molecule has 0 N–H and O–H groups in total. The van der Waals surface area contributed by atoms with E-state index < -0.39 is 6.10 Å². The van der Waals surface area contributed by atoms with E-state index in [2.05, 4.69) is 130 Å². The minimum absolute atomic E-state index is 0.0845. The van der Waals surface area contributed by atoms with E-state index in [9.17, 15) is 14.4 Å². The maximum Gasteiger partial charge on any atom is 0.306 e. The largest absolute Gasteiger partial charge is 0.462 e. The monoisotopic (exact) mass is 1070 g/mol. The van der Waals surface area contributed by atoms with Crippen LogP contribution in [-0.4, -0.2) is 37.2 Å². The van der Waals surface area contributed by atoms with Crippen LogP contribution in [0, 0.1) is 0 Å². The van der Waals surface area contributed by atoms with E-state index in [1.807, 2.05) is 0 Å². The number of unbranched alkanes of at least 4 members (excludes halogenated alkanes) is 29. The van der Waals surface area contributed by atoms with Gasteiger partial charge in [0.25, 0.3) is 0 Å². The first-order chi connectivity index (χ1) is 38.0. The normalized spacial score (nSPS) is 12.8. The van der Waals surface area contributed by atoms with Gasteiger partial charge < -0.3 is 14.2 Å². The Morgan fingerprint density at radius 3 is 0.857 bits per heavy atom. The van der Waals surface area contributed by atoms with Crippen molar-refractivity contribution in [3.8, 4) is 0 Å². The molecule has 0 radical (unpaired) electrons. The fraction of sp³-hybridized carbons (Fsp3) is 0.704. The minimum atomic E-state index is -0.787. The molecule has 77 heavy (non-hydrogen) atoms. The molecule has 440 valence electrons. The summed E-state index contributed by atoms with van der Waals surface area (Å²) in [4.78, 5) is 38.2. The smallest absolute Gasteiger partial charge is 0.306 e. The Kier molecular flexibility index (Phi) is 61.3. The third kappa shape index (κ3) is 62.8. The predicted molar refractivity (Wildman–Crippen MR) is 334 cm³/mol. The highest BCUT2D eigenvalue weighted by Gasteiger charge is 2.19. The number of hydrogen-bond donors (Lipinski definition) is 0. The molecular formula is C71H120O6. The van der Waals surface area contributed by atoms with E-state index in [1.165, 1.54) is 135 Å². The molecule has 0 aliphatic rings. The average Bonchev–Trinajstić information content (AvgIpc) is 3.43. The van der Waals surface area contributed by atoms with Crippen LogP contribution in [0.25, 0.3) is 0 Å². The Hall–Kier alpha value is -3.93. The Bertz CT molecular complexity index is 1560. The summed E-state index contributed by atoms with van der Waals surface area (Å²) >= 11 is 0. The van der Waals surface area contributed by atoms with Crippen LogP contribution in [0.1, 0.15) is 303 Å². The Morgan fingerprint density at radius 2 is 0.532 bits per heavy atom. The molecule has 0 fully saturated rings. The zero-order valence-electron chi connectivity index (χ0n) is 50.4. The molecule has 0 bridgehead atoms. The van der Waals surface area contributed by atoms with E-state index >= 15 is 0 Å². The molecule has 0 aliphatic carbocycles. The fourth-order valence-electron chi connectivity index (χ4n) is 8.89. The van der Waals surface area contributed by atoms with Gasteiger partial charge in [0.2, 0.25) is 0 Å². The zero-order valence-corrected chi connectivity index (χ0v) is 50.4. The molecule has 0 spiro atoms. The van der Waals surface area contributed by atoms with Crippen LogP contribution in [0.3, 0.4) is 0 Å². The maximum absolute atomic E-state index is 12.9. The molecule has 0 aromatic carbocycles. The Labute approximate surface area is 476 Å². The second-order valence-electron chi connectivity index (χ2n) is 21.3. The molecule has 0 aromatic rings. The molecule has 1 atom stereocenters. The fourth-order valence-corrected chi connectivity index (χ4v) is 8.89. The predicted octanol–water partition coefficient (Wildman–Crippen LogP) is 22.2. The van der Waals surface area contributed by atoms with Crippen molar-refractivity contribution in [2.75, 3.05) is 13.2 Å². The first-order valence-corrected chi connectivity index (χ1v) is 32.4. The lowest BCUT2D eigenvalue weighted by Gasteiger charge is -2.18. The summed E-state index contributed by atoms with van der Waals surface area (Å²) < 4.78 is 16.9. The van der Waals surface area contributed by atoms with Crippen molar-refractivity contribution in [1.82, 2.24) is 0 Å². The highest BCUT2D eigenvalue weighted by Crippen LogP contribution is 2.16. The first kappa shape index (κ1) is 73.1. The van der Waals surface area contributed by atoms with Crippen LogP contribution in [0.2, 0.25) is 0 Å². The summed E-state index contributed by atoms with van der Waals surface area (Å²) in [6, 6.07) is 0. The van der Waals surface area contributed by atoms with Crippen molar-refractivity contribution in [2.45, 2.75) is 309 Å². The van der Waals surface area contributed by atoms with Gasteiger partial charge in [-0.15, -0.1) is 0 Å². The lowest BCUT2D eigenvalue weighted by molar-refractivity contribution is -0.167. The van der Waals surface area contributed by atoms with Gasteiger partial charge in [-0.2, -0.15) is 0 Å². The Morgan fingerprint density at radius 1 is 0.273 bits per heavy atom. The number of esters is 3. The lowest BCUT2D eigenvalue weighted by Crippen LogP contribution is -2.30. The minimum Gasteiger partial charge on any atom is -0.462 e. The van der Waals surface area contributed by atoms with Crippen molar-refractivity contribution >= 4 is 17.9 Å². The van der Waals surface area contributed by atoms with Gasteiger partial charge in [0.1, 0.15) is 13.2 Å². The van der Waals surface area contributed by atoms with E-state index in [4.69, 9.17) is 14.2 Å². The van der Waals surface area contributed by atoms with Crippen LogP contribution in [0.15, 0.2) is 109 Å². The number of hydrogen-bond acceptors (Lipinski definition) is 6. The van der Waals surface area contributed by atoms with Gasteiger partial charge >= 0.3 is 17.9 Å². The Balaban J connectivity index is 4.18. The third-order valence-corrected chi connectivity index (χ3v) is 13.7. The first-order valence-electron chi connectivity index (χ1n) is 32.4. The van der Waals surface area contributed by atoms with Crippen molar-refractivity contribution in [3.05, 3.63) is 109 Å². The van der Waals surface area contributed by atoms with E-state index in [-0.39, 0.29) is 31.1 Å². The summed E-state index contributed by atoms with van der Waals surface area (Å²) in [5, 5.41) is 0. The summed E-state index contributed by atoms with van der Waals surface area (Å²) in [6.07, 6.45) is 88.2. The molecular weight excluding hydrogens is 949 g/mol. The highest BCUT2D eigenvalue weighted by molar-refractivity contribution is 5.71. The maximum atomic E-state index is 12.9. The molecule has 0 aliphatic heterocycles. The molecule has 0 saturated heterocycles. The van der Waals surface area contributed by atoms with Gasteiger partial charge in [0.15, 0.2) is 6.10 Å². The second kappa shape index (κ2) is 64.6. The van der Waals surface area contributed by atoms with Crippen LogP contribution in [0.5, 0.6) is 0 Å². The van der Waals surface area contributed by atoms with E-state index in [0.29, 0.717) is 19.3 Å². The SMILES string of the molecule is CC/C=C\C/C=C\C/C=C\C/C=C\C/C=C\C/C=C\C/C=C\CCCCCCCCCCCCCC(=O)OCC(COC(=O)CCCCCCC/C=C\CCC)OC(=O)CCCCCCC/C=C\CCCCCCCCC. The van der Waals surface area contributed by atoms with Gasteiger partial charge in [-0.25, -0.2) is 0 Å². The zero-order chi connectivity index (χ0) is 55.7. The average molecular weight is 1070 g/mol. The van der Waals surface area contributed by atoms with E-state index in [0.717, 1.165) is 128 Å². The summed E-state index contributed by atoms with van der Waals surface area (Å²) in [7, 11) is 0. The number of rotatable bonds is 58. The van der Waals surface area contributed by atoms with Crippen molar-refractivity contribution in [1.29, 1.82) is 0 Å². The van der Waals surface area contributed by atoms with Gasteiger partial charge in [-0.05, 0) is 122 Å². The third-order valence-electron chi connectivity index (χ3n) is 13.7. The number of carbonyl (C=O) groups excluding carboxylic acids is 3. The van der Waals surface area contributed by atoms with E-state index in [1.54, 1.807) is 0 Å². The van der Waals surface area contributed by atoms with Crippen molar-refractivity contribution in [2.24, 2.45) is 0 Å². The topological polar surface area (TPSA) is 78.9 Å². The van der Waals surface area contributed by atoms with Gasteiger partial charge in [0.05, 0.1) is 0 Å². The molecule has 0 heterocycles. The molecule has 0 saturated carbocycles. The summed E-state index contributed by atoms with van der Waals surface area (Å²) in [5.41, 5.74) is 0. The number of ether oxygens (including phenoxy) is 3. The molecule has 0 aromatic heterocycles. The number of allylic oxidation sites excluding steroid dienone is 18. The lowest BCUT2D eigenvalue weighted by atomic mass is 10.0. The van der Waals surface area contributed by atoms with Crippen LogP contribution < -0.4 is 0 Å². The molecule has 0 rings (SSSR count). The van der Waals surface area contributed by atoms with Gasteiger partial charge in [0, 0.05) is 19.3 Å². The summed E-state index contributed by atoms with van der Waals surface area (Å²) in [5.74, 6) is -0.900. The van der Waals surface area contributed by atoms with Crippen LogP contribution >= 0.6 is 0 Å². The molecule has 0 amide bonds. The standard InChI is InChI=1S/C71H120O6/c1-4-7-10-13-16-19-22-24-26-28-29-30-31-32-33-34-35-36-37-38-39-40-41-42-43-44-46-47-49-52-55-58-61-64-70(73)76-67-68(66-75-69(72)63-60-57-54-51-21-18-15-12-9-6-3)77-71(74)65-62-59-56-53-50-48-45-27-25-23-20-17-14-11-8-5-2/h7,10,12,15-16,19,24,26-27,29-30,32-33,35-36,38-39,45,68H,4-6,8-9,11,13-14,17-18,20-23,25,28,31,34,37,40-44,46-67H2,1-3H3/b10-7-,15-12-,19-16-,26-24-,30-29-,33-32-,36-35-,39-38-,45-27-. The highest BCUT2D eigenvalue weighted by atomic mass is 16.6. The molecule has 6 nitrogen and oxygen atoms in total. The molecule has 1 unspecified atom stereocenters. The van der Waals surface area contributed by atoms with Gasteiger partial charge in [-0.3, -0.25) is 14.4 Å². The summed E-state index contributed by atoms with van der Waals surface area (Å²) in [6.45, 7) is 6.46. The van der Waals surface area contributed by atoms with Gasteiger partial charge in [-0.1, -0.05) is 271 Å². The van der Waals surface area contributed by atoms with Crippen LogP contribution in [-0.2, 0) is 28.6 Å². The van der Waals surface area contributed by atoms with Crippen molar-refractivity contribution in [3.63, 3.8) is 0 Å². The van der Waals surface area contributed by atoms with Crippen molar-refractivity contribution < 1.29 is 28.6 Å². The van der Waals surface area contributed by atoms with Crippen LogP contribution in [0.4, 0.5) is 0 Å².